The van der Waals surface area contributed by atoms with Crippen molar-refractivity contribution < 1.29 is 23.1 Å². The predicted octanol–water partition coefficient (Wildman–Crippen LogP) is 0.177. The molecule has 0 aromatic carbocycles. The van der Waals surface area contributed by atoms with Crippen LogP contribution in [0.25, 0.3) is 0 Å². The van der Waals surface area contributed by atoms with E-state index < -0.39 is 30.8 Å². The van der Waals surface area contributed by atoms with E-state index in [2.05, 4.69) is 20.6 Å². The minimum absolute atomic E-state index is 0.0325. The summed E-state index contributed by atoms with van der Waals surface area (Å²) in [7, 11) is 1.52. The van der Waals surface area contributed by atoms with Crippen LogP contribution in [-0.4, -0.2) is 80.0 Å². The van der Waals surface area contributed by atoms with Crippen LogP contribution in [0.15, 0.2) is 24.9 Å². The zero-order valence-electron chi connectivity index (χ0n) is 16.0. The number of halogens is 2. The normalized spacial score (nSPS) is 18.2. The Morgan fingerprint density at radius 2 is 2.24 bits per heavy atom. The van der Waals surface area contributed by atoms with Gasteiger partial charge in [-0.1, -0.05) is 5.21 Å². The van der Waals surface area contributed by atoms with Gasteiger partial charge in [0.1, 0.15) is 0 Å². The second-order valence-electron chi connectivity index (χ2n) is 6.86. The minimum Gasteiger partial charge on any atom is -0.383 e. The molecule has 12 heteroatoms. The maximum atomic E-state index is 14.0. The number of rotatable bonds is 9. The smallest absolute Gasteiger partial charge is 0.273 e. The Balaban J connectivity index is 1.60. The lowest BCUT2D eigenvalue weighted by Crippen LogP contribution is -2.39. The van der Waals surface area contributed by atoms with E-state index in [1.807, 2.05) is 0 Å². The third kappa shape index (κ3) is 5.56. The topological polar surface area (TPSA) is 107 Å². The molecule has 2 aromatic heterocycles. The molecule has 3 rings (SSSR count). The van der Waals surface area contributed by atoms with Crippen LogP contribution in [-0.2, 0) is 22.6 Å². The Kier molecular flexibility index (Phi) is 6.52. The summed E-state index contributed by atoms with van der Waals surface area (Å²) in [5.41, 5.74) is 0.0730. The van der Waals surface area contributed by atoms with E-state index in [9.17, 15) is 18.4 Å². The number of hydrogen-bond acceptors (Lipinski definition) is 6. The van der Waals surface area contributed by atoms with Crippen LogP contribution >= 0.6 is 0 Å². The van der Waals surface area contributed by atoms with Gasteiger partial charge < -0.3 is 19.5 Å². The van der Waals surface area contributed by atoms with Gasteiger partial charge in [0, 0.05) is 45.4 Å². The third-order valence-electron chi connectivity index (χ3n) is 4.60. The third-order valence-corrected chi connectivity index (χ3v) is 4.60. The summed E-state index contributed by atoms with van der Waals surface area (Å²) >= 11 is 0. The van der Waals surface area contributed by atoms with E-state index in [1.165, 1.54) is 22.9 Å². The number of aromatic nitrogens is 5. The number of aryl methyl sites for hydroxylation is 1. The zero-order chi connectivity index (χ0) is 20.9. The van der Waals surface area contributed by atoms with Crippen molar-refractivity contribution in [3.8, 4) is 0 Å². The van der Waals surface area contributed by atoms with Crippen molar-refractivity contribution in [2.24, 2.45) is 0 Å². The monoisotopic (exact) mass is 411 g/mol. The number of amides is 2. The number of likely N-dealkylation sites (tertiary alicyclic amines) is 1. The molecular weight excluding hydrogens is 388 g/mol. The van der Waals surface area contributed by atoms with Gasteiger partial charge in [-0.15, -0.1) is 5.10 Å². The first-order valence-electron chi connectivity index (χ1n) is 9.18. The Morgan fingerprint density at radius 1 is 1.41 bits per heavy atom. The molecule has 0 spiro atoms. The number of nitrogens with zero attached hydrogens (tertiary/aromatic N) is 6. The number of alkyl halides is 2. The molecular formula is C17H23F2N7O3. The number of hydrogen-bond donors (Lipinski definition) is 1. The Labute approximate surface area is 165 Å². The Bertz CT molecular complexity index is 825. The lowest BCUT2D eigenvalue weighted by atomic mass is 10.2. The molecule has 0 aliphatic carbocycles. The maximum Gasteiger partial charge on any atom is 0.273 e. The highest BCUT2D eigenvalue weighted by Crippen LogP contribution is 2.33. The van der Waals surface area contributed by atoms with Crippen molar-refractivity contribution in [2.75, 3.05) is 26.8 Å². The van der Waals surface area contributed by atoms with Crippen molar-refractivity contribution in [3.05, 3.63) is 30.6 Å². The molecule has 1 aliphatic heterocycles. The van der Waals surface area contributed by atoms with E-state index in [1.54, 1.807) is 23.3 Å². The predicted molar refractivity (Wildman–Crippen MR) is 96.1 cm³/mol. The van der Waals surface area contributed by atoms with Crippen LogP contribution in [0.5, 0.6) is 0 Å². The van der Waals surface area contributed by atoms with Gasteiger partial charge in [-0.2, -0.15) is 0 Å². The first kappa shape index (κ1) is 20.8. The number of imidazole rings is 1. The number of nitrogens with one attached hydrogen (secondary N) is 1. The number of carbonyl (C=O) groups excluding carboxylic acids is 2. The van der Waals surface area contributed by atoms with Gasteiger partial charge in [0.05, 0.1) is 38.3 Å². The van der Waals surface area contributed by atoms with E-state index >= 15 is 0 Å². The first-order chi connectivity index (χ1) is 13.9. The summed E-state index contributed by atoms with van der Waals surface area (Å²) < 4.78 is 35.9. The van der Waals surface area contributed by atoms with Crippen LogP contribution in [0.2, 0.25) is 0 Å². The SMILES string of the molecule is COCCNC(=O)c1cn(C[C@@H]2CC(F)(F)CN2C(=O)CCn2ccnc2)nn1. The van der Waals surface area contributed by atoms with Gasteiger partial charge in [0.15, 0.2) is 5.69 Å². The molecule has 2 aromatic rings. The molecule has 3 heterocycles. The first-order valence-corrected chi connectivity index (χ1v) is 9.18. The summed E-state index contributed by atoms with van der Waals surface area (Å²) in [5.74, 6) is -3.76. The molecule has 1 atom stereocenters. The van der Waals surface area contributed by atoms with Crippen LogP contribution in [0.4, 0.5) is 8.78 Å². The maximum absolute atomic E-state index is 14.0. The zero-order valence-corrected chi connectivity index (χ0v) is 16.0. The molecule has 0 unspecified atom stereocenters. The van der Waals surface area contributed by atoms with Gasteiger partial charge >= 0.3 is 0 Å². The Morgan fingerprint density at radius 3 is 2.97 bits per heavy atom. The average Bonchev–Trinajstić information content (AvgIpc) is 3.40. The fourth-order valence-corrected chi connectivity index (χ4v) is 3.20. The quantitative estimate of drug-likeness (QED) is 0.590. The fraction of sp³-hybridized carbons (Fsp3) is 0.588. The number of methoxy groups -OCH3 is 1. The molecule has 1 fully saturated rings. The van der Waals surface area contributed by atoms with Crippen molar-refractivity contribution >= 4 is 11.8 Å². The summed E-state index contributed by atoms with van der Waals surface area (Å²) in [6.07, 6.45) is 5.88. The molecule has 0 radical (unpaired) electrons. The second kappa shape index (κ2) is 9.07. The van der Waals surface area contributed by atoms with Gasteiger partial charge in [-0.3, -0.25) is 9.59 Å². The summed E-state index contributed by atoms with van der Waals surface area (Å²) in [4.78, 5) is 29.6. The summed E-state index contributed by atoms with van der Waals surface area (Å²) in [6.45, 7) is 0.441. The number of carbonyl (C=O) groups is 2. The Hall–Kier alpha value is -2.89. The molecule has 1 saturated heterocycles. The van der Waals surface area contributed by atoms with E-state index in [0.29, 0.717) is 19.7 Å². The lowest BCUT2D eigenvalue weighted by Gasteiger charge is -2.23. The van der Waals surface area contributed by atoms with Crippen LogP contribution in [0.1, 0.15) is 23.3 Å². The van der Waals surface area contributed by atoms with Crippen LogP contribution in [0, 0.1) is 0 Å². The van der Waals surface area contributed by atoms with Gasteiger partial charge in [-0.05, 0) is 0 Å². The van der Waals surface area contributed by atoms with Gasteiger partial charge in [-0.25, -0.2) is 18.4 Å². The molecule has 1 N–H and O–H groups in total. The molecule has 29 heavy (non-hydrogen) atoms. The molecule has 0 bridgehead atoms. The molecule has 2 amide bonds. The van der Waals surface area contributed by atoms with Crippen LogP contribution in [0.3, 0.4) is 0 Å². The summed E-state index contributed by atoms with van der Waals surface area (Å²) in [5, 5.41) is 10.2. The lowest BCUT2D eigenvalue weighted by molar-refractivity contribution is -0.133. The number of ether oxygens (including phenoxy) is 1. The highest BCUT2D eigenvalue weighted by molar-refractivity contribution is 5.91. The molecule has 1 aliphatic rings. The molecule has 0 saturated carbocycles. The molecule has 158 valence electrons. The van der Waals surface area contributed by atoms with Crippen molar-refractivity contribution in [1.82, 2.24) is 34.8 Å². The highest BCUT2D eigenvalue weighted by Gasteiger charge is 2.46. The molecule has 10 nitrogen and oxygen atoms in total. The summed E-state index contributed by atoms with van der Waals surface area (Å²) in [6, 6.07) is -0.730. The van der Waals surface area contributed by atoms with Crippen molar-refractivity contribution in [2.45, 2.75) is 37.9 Å². The van der Waals surface area contributed by atoms with E-state index in [-0.39, 0.29) is 24.6 Å². The largest absolute Gasteiger partial charge is 0.383 e. The van der Waals surface area contributed by atoms with Crippen molar-refractivity contribution in [1.29, 1.82) is 0 Å². The van der Waals surface area contributed by atoms with E-state index in [4.69, 9.17) is 4.74 Å². The highest BCUT2D eigenvalue weighted by atomic mass is 19.3. The van der Waals surface area contributed by atoms with Crippen LogP contribution < -0.4 is 5.32 Å². The average molecular weight is 411 g/mol. The fourth-order valence-electron chi connectivity index (χ4n) is 3.20. The van der Waals surface area contributed by atoms with Crippen molar-refractivity contribution in [3.63, 3.8) is 0 Å². The second-order valence-corrected chi connectivity index (χ2v) is 6.86. The van der Waals surface area contributed by atoms with Gasteiger partial charge in [0.2, 0.25) is 5.91 Å². The standard InChI is InChI=1S/C17H23F2N7O3/c1-29-7-4-21-16(28)14-10-25(23-22-14)9-13-8-17(18,19)11-26(13)15(27)2-5-24-6-3-20-12-24/h3,6,10,12-13H,2,4-5,7-9,11H2,1H3,(H,21,28)/t13-/m0/s1. The van der Waals surface area contributed by atoms with Gasteiger partial charge in [0.25, 0.3) is 11.8 Å². The minimum atomic E-state index is -2.96. The van der Waals surface area contributed by atoms with E-state index in [0.717, 1.165) is 0 Å².